The molecule has 0 saturated carbocycles. The van der Waals surface area contributed by atoms with Gasteiger partial charge >= 0.3 is 5.97 Å². The lowest BCUT2D eigenvalue weighted by molar-refractivity contribution is 0.0515. The highest BCUT2D eigenvalue weighted by Crippen LogP contribution is 2.10. The van der Waals surface area contributed by atoms with Crippen molar-refractivity contribution in [1.29, 1.82) is 0 Å². The van der Waals surface area contributed by atoms with Crippen LogP contribution in [0.4, 0.5) is 5.69 Å². The molecular formula is C7H12ClN3O2. The number of carbonyl (C=O) groups is 1. The highest BCUT2D eigenvalue weighted by molar-refractivity contribution is 5.92. The van der Waals surface area contributed by atoms with Crippen LogP contribution in [-0.4, -0.2) is 22.4 Å². The monoisotopic (exact) mass is 205 g/mol. The predicted molar refractivity (Wildman–Crippen MR) is 50.8 cm³/mol. The van der Waals surface area contributed by atoms with Gasteiger partial charge in [0.1, 0.15) is 0 Å². The van der Waals surface area contributed by atoms with Crippen LogP contribution in [-0.2, 0) is 11.8 Å². The van der Waals surface area contributed by atoms with E-state index in [2.05, 4.69) is 5.10 Å². The molecule has 2 N–H and O–H groups in total. The van der Waals surface area contributed by atoms with Crippen LogP contribution in [0.3, 0.4) is 0 Å². The van der Waals surface area contributed by atoms with Crippen LogP contribution in [0, 0.1) is 0 Å². The number of nitrogens with zero attached hydrogens (tertiary/aromatic N) is 2. The van der Waals surface area contributed by atoms with E-state index in [0.29, 0.717) is 18.0 Å². The van der Waals surface area contributed by atoms with Crippen LogP contribution in [0.25, 0.3) is 0 Å². The minimum absolute atomic E-state index is 0. The molecule has 0 aliphatic rings. The fourth-order valence-electron chi connectivity index (χ4n) is 0.904. The van der Waals surface area contributed by atoms with E-state index in [1.807, 2.05) is 0 Å². The van der Waals surface area contributed by atoms with Crippen molar-refractivity contribution < 1.29 is 9.53 Å². The molecule has 0 radical (unpaired) electrons. The van der Waals surface area contributed by atoms with Crippen molar-refractivity contribution in [3.05, 3.63) is 11.9 Å². The molecule has 6 heteroatoms. The Morgan fingerprint density at radius 2 is 2.38 bits per heavy atom. The summed E-state index contributed by atoms with van der Waals surface area (Å²) < 4.78 is 6.16. The third kappa shape index (κ3) is 2.35. The maximum absolute atomic E-state index is 11.2. The molecule has 1 heterocycles. The summed E-state index contributed by atoms with van der Waals surface area (Å²) in [5.41, 5.74) is 6.13. The fourth-order valence-corrected chi connectivity index (χ4v) is 0.904. The van der Waals surface area contributed by atoms with E-state index >= 15 is 0 Å². The maximum atomic E-state index is 11.2. The summed E-state index contributed by atoms with van der Waals surface area (Å²) in [4.78, 5) is 11.2. The molecule has 0 atom stereocenters. The smallest absolute Gasteiger partial charge is 0.358 e. The minimum Gasteiger partial charge on any atom is -0.461 e. The Labute approximate surface area is 82.3 Å². The quantitative estimate of drug-likeness (QED) is 0.718. The van der Waals surface area contributed by atoms with Crippen molar-refractivity contribution in [2.45, 2.75) is 6.92 Å². The number of aryl methyl sites for hydroxylation is 1. The first kappa shape index (κ1) is 11.8. The Morgan fingerprint density at radius 3 is 2.77 bits per heavy atom. The first-order chi connectivity index (χ1) is 5.66. The largest absolute Gasteiger partial charge is 0.461 e. The third-order valence-corrected chi connectivity index (χ3v) is 1.44. The second-order valence-electron chi connectivity index (χ2n) is 2.29. The van der Waals surface area contributed by atoms with Crippen molar-refractivity contribution >= 4 is 24.1 Å². The molecule has 1 aromatic rings. The third-order valence-electron chi connectivity index (χ3n) is 1.44. The topological polar surface area (TPSA) is 70.1 Å². The number of aromatic nitrogens is 2. The molecule has 0 fully saturated rings. The summed E-state index contributed by atoms with van der Waals surface area (Å²) in [6.07, 6.45) is 1.42. The fraction of sp³-hybridized carbons (Fsp3) is 0.429. The van der Waals surface area contributed by atoms with E-state index in [4.69, 9.17) is 10.5 Å². The molecule has 0 spiro atoms. The van der Waals surface area contributed by atoms with Gasteiger partial charge in [-0.2, -0.15) is 5.10 Å². The first-order valence-corrected chi connectivity index (χ1v) is 3.61. The van der Waals surface area contributed by atoms with Gasteiger partial charge in [0.15, 0.2) is 5.69 Å². The second-order valence-corrected chi connectivity index (χ2v) is 2.29. The van der Waals surface area contributed by atoms with Crippen LogP contribution >= 0.6 is 12.4 Å². The molecule has 0 aliphatic heterocycles. The van der Waals surface area contributed by atoms with Gasteiger partial charge in [0.2, 0.25) is 0 Å². The van der Waals surface area contributed by atoms with Crippen LogP contribution in [0.5, 0.6) is 0 Å². The summed E-state index contributed by atoms with van der Waals surface area (Å²) in [7, 11) is 1.64. The number of nitrogens with two attached hydrogens (primary N) is 1. The average Bonchev–Trinajstić information content (AvgIpc) is 2.32. The van der Waals surface area contributed by atoms with Gasteiger partial charge in [-0.3, -0.25) is 4.68 Å². The van der Waals surface area contributed by atoms with Crippen LogP contribution in [0.2, 0.25) is 0 Å². The van der Waals surface area contributed by atoms with Gasteiger partial charge in [0.05, 0.1) is 18.5 Å². The molecule has 13 heavy (non-hydrogen) atoms. The van der Waals surface area contributed by atoms with E-state index in [9.17, 15) is 4.79 Å². The van der Waals surface area contributed by atoms with Crippen LogP contribution in [0.1, 0.15) is 17.4 Å². The Bertz CT molecular complexity index is 278. The van der Waals surface area contributed by atoms with Crippen molar-refractivity contribution in [2.75, 3.05) is 12.3 Å². The summed E-state index contributed by atoms with van der Waals surface area (Å²) in [5.74, 6) is -0.435. The molecule has 5 nitrogen and oxygen atoms in total. The van der Waals surface area contributed by atoms with Crippen LogP contribution < -0.4 is 5.73 Å². The summed E-state index contributed by atoms with van der Waals surface area (Å²) in [6, 6.07) is 0. The Balaban J connectivity index is 0.00000144. The lowest BCUT2D eigenvalue weighted by atomic mass is 10.4. The number of carbonyl (C=O) groups excluding carboxylic acids is 1. The highest BCUT2D eigenvalue weighted by atomic mass is 35.5. The Kier molecular flexibility index (Phi) is 4.27. The SMILES string of the molecule is CCOC(=O)c1c(N)cnn1C.Cl. The lowest BCUT2D eigenvalue weighted by Crippen LogP contribution is -2.12. The van der Waals surface area contributed by atoms with Crippen molar-refractivity contribution in [3.8, 4) is 0 Å². The number of hydrogen-bond acceptors (Lipinski definition) is 4. The summed E-state index contributed by atoms with van der Waals surface area (Å²) in [6.45, 7) is 2.08. The number of anilines is 1. The number of halogens is 1. The Morgan fingerprint density at radius 1 is 1.77 bits per heavy atom. The summed E-state index contributed by atoms with van der Waals surface area (Å²) in [5, 5.41) is 3.81. The second kappa shape index (κ2) is 4.71. The number of rotatable bonds is 2. The number of ether oxygens (including phenoxy) is 1. The van der Waals surface area contributed by atoms with Gasteiger partial charge < -0.3 is 10.5 Å². The minimum atomic E-state index is -0.435. The van der Waals surface area contributed by atoms with Crippen molar-refractivity contribution in [3.63, 3.8) is 0 Å². The molecule has 1 aromatic heterocycles. The summed E-state index contributed by atoms with van der Waals surface area (Å²) >= 11 is 0. The molecule has 74 valence electrons. The van der Waals surface area contributed by atoms with Gasteiger partial charge in [0, 0.05) is 7.05 Å². The zero-order valence-corrected chi connectivity index (χ0v) is 8.30. The number of nitrogen functional groups attached to an aromatic ring is 1. The van der Waals surface area contributed by atoms with Gasteiger partial charge in [0.25, 0.3) is 0 Å². The molecule has 0 aliphatic carbocycles. The zero-order chi connectivity index (χ0) is 9.14. The number of esters is 1. The maximum Gasteiger partial charge on any atom is 0.358 e. The predicted octanol–water partition coefficient (Wildman–Crippen LogP) is 0.601. The molecule has 0 saturated heterocycles. The Hall–Kier alpha value is -1.23. The van der Waals surface area contributed by atoms with E-state index in [0.717, 1.165) is 0 Å². The molecule has 0 amide bonds. The van der Waals surface area contributed by atoms with E-state index in [1.165, 1.54) is 10.9 Å². The lowest BCUT2D eigenvalue weighted by Gasteiger charge is -2.01. The van der Waals surface area contributed by atoms with Gasteiger partial charge in [-0.05, 0) is 6.92 Å². The molecule has 1 rings (SSSR count). The van der Waals surface area contributed by atoms with Gasteiger partial charge in [-0.1, -0.05) is 0 Å². The highest BCUT2D eigenvalue weighted by Gasteiger charge is 2.15. The number of hydrogen-bond donors (Lipinski definition) is 1. The molecule has 0 bridgehead atoms. The zero-order valence-electron chi connectivity index (χ0n) is 7.48. The van der Waals surface area contributed by atoms with Crippen molar-refractivity contribution in [1.82, 2.24) is 9.78 Å². The van der Waals surface area contributed by atoms with E-state index < -0.39 is 5.97 Å². The standard InChI is InChI=1S/C7H11N3O2.ClH/c1-3-12-7(11)6-5(8)4-9-10(6)2;/h4H,3,8H2,1-2H3;1H. The molecule has 0 aromatic carbocycles. The van der Waals surface area contributed by atoms with Crippen molar-refractivity contribution in [2.24, 2.45) is 7.05 Å². The average molecular weight is 206 g/mol. The van der Waals surface area contributed by atoms with E-state index in [-0.39, 0.29) is 12.4 Å². The first-order valence-electron chi connectivity index (χ1n) is 3.61. The van der Waals surface area contributed by atoms with Crippen LogP contribution in [0.15, 0.2) is 6.20 Å². The van der Waals surface area contributed by atoms with Gasteiger partial charge in [-0.15, -0.1) is 12.4 Å². The molecular weight excluding hydrogens is 194 g/mol. The van der Waals surface area contributed by atoms with E-state index in [1.54, 1.807) is 14.0 Å². The normalized spacial score (nSPS) is 9.08. The molecule has 0 unspecified atom stereocenters. The van der Waals surface area contributed by atoms with Gasteiger partial charge in [-0.25, -0.2) is 4.79 Å².